The Kier molecular flexibility index (Phi) is 4.62. The summed E-state index contributed by atoms with van der Waals surface area (Å²) < 4.78 is 1.46. The molecular formula is C20H16N4O3S. The van der Waals surface area contributed by atoms with Crippen LogP contribution in [0.25, 0.3) is 21.5 Å². The second kappa shape index (κ2) is 7.24. The molecule has 0 bridgehead atoms. The summed E-state index contributed by atoms with van der Waals surface area (Å²) in [4.78, 5) is 25.6. The van der Waals surface area contributed by atoms with E-state index in [-0.39, 0.29) is 16.4 Å². The van der Waals surface area contributed by atoms with E-state index in [1.165, 1.54) is 15.9 Å². The number of rotatable bonds is 4. The highest BCUT2D eigenvalue weighted by atomic mass is 32.1. The molecule has 0 atom stereocenters. The second-order valence-electron chi connectivity index (χ2n) is 6.02. The van der Waals surface area contributed by atoms with Crippen LogP contribution in [0.1, 0.15) is 17.3 Å². The highest BCUT2D eigenvalue weighted by Crippen LogP contribution is 2.29. The van der Waals surface area contributed by atoms with Gasteiger partial charge in [0.2, 0.25) is 5.13 Å². The molecule has 8 heteroatoms. The average molecular weight is 392 g/mol. The largest absolute Gasteiger partial charge is 0.506 e. The number of hydrogen-bond acceptors (Lipinski definition) is 6. The highest BCUT2D eigenvalue weighted by molar-refractivity contribution is 7.18. The zero-order valence-electron chi connectivity index (χ0n) is 14.9. The van der Waals surface area contributed by atoms with Crippen molar-refractivity contribution in [3.63, 3.8) is 0 Å². The Morgan fingerprint density at radius 2 is 1.82 bits per heavy atom. The molecule has 1 amide bonds. The van der Waals surface area contributed by atoms with Crippen LogP contribution in [0.2, 0.25) is 0 Å². The molecule has 7 nitrogen and oxygen atoms in total. The van der Waals surface area contributed by atoms with Crippen LogP contribution in [0, 0.1) is 0 Å². The van der Waals surface area contributed by atoms with Crippen molar-refractivity contribution in [2.24, 2.45) is 0 Å². The lowest BCUT2D eigenvalue weighted by Gasteiger charge is -2.12. The predicted molar refractivity (Wildman–Crippen MR) is 109 cm³/mol. The van der Waals surface area contributed by atoms with E-state index in [0.29, 0.717) is 22.5 Å². The number of para-hydroxylation sites is 1. The van der Waals surface area contributed by atoms with Gasteiger partial charge in [0.15, 0.2) is 0 Å². The van der Waals surface area contributed by atoms with E-state index in [9.17, 15) is 14.7 Å². The molecule has 0 saturated heterocycles. The molecule has 0 aliphatic heterocycles. The van der Waals surface area contributed by atoms with Gasteiger partial charge in [-0.25, -0.2) is 0 Å². The molecule has 2 aromatic heterocycles. The SMILES string of the molecule is CCn1c(=O)c(C(=O)Nc2nnc(-c3ccccc3)s2)c(O)c2ccccc21. The summed E-state index contributed by atoms with van der Waals surface area (Å²) in [5.41, 5.74) is 0.592. The first-order chi connectivity index (χ1) is 13.6. The summed E-state index contributed by atoms with van der Waals surface area (Å²) in [6.07, 6.45) is 0. The van der Waals surface area contributed by atoms with Crippen LogP contribution in [0.3, 0.4) is 0 Å². The molecule has 2 N–H and O–H groups in total. The van der Waals surface area contributed by atoms with Crippen molar-refractivity contribution in [2.75, 3.05) is 5.32 Å². The molecule has 28 heavy (non-hydrogen) atoms. The number of pyridine rings is 1. The molecule has 0 radical (unpaired) electrons. The zero-order valence-corrected chi connectivity index (χ0v) is 15.7. The van der Waals surface area contributed by atoms with Gasteiger partial charge in [-0.2, -0.15) is 0 Å². The van der Waals surface area contributed by atoms with Crippen LogP contribution in [0.5, 0.6) is 5.75 Å². The standard InChI is InChI=1S/C20H16N4O3S/c1-2-24-14-11-7-6-10-13(14)16(25)15(19(24)27)17(26)21-20-23-22-18(28-20)12-8-4-3-5-9-12/h3-11,25H,2H2,1H3,(H,21,23,26). The molecule has 2 aromatic carbocycles. The quantitative estimate of drug-likeness (QED) is 0.554. The van der Waals surface area contributed by atoms with Gasteiger partial charge in [0.1, 0.15) is 16.3 Å². The third-order valence-electron chi connectivity index (χ3n) is 4.36. The summed E-state index contributed by atoms with van der Waals surface area (Å²) in [5, 5.41) is 22.5. The van der Waals surface area contributed by atoms with E-state index < -0.39 is 11.5 Å². The molecule has 140 valence electrons. The number of aryl methyl sites for hydroxylation is 1. The lowest BCUT2D eigenvalue weighted by atomic mass is 10.1. The number of aromatic nitrogens is 3. The number of benzene rings is 2. The van der Waals surface area contributed by atoms with Crippen molar-refractivity contribution in [2.45, 2.75) is 13.5 Å². The van der Waals surface area contributed by atoms with Crippen molar-refractivity contribution in [1.29, 1.82) is 0 Å². The first kappa shape index (κ1) is 17.9. The van der Waals surface area contributed by atoms with Gasteiger partial charge in [-0.05, 0) is 19.1 Å². The van der Waals surface area contributed by atoms with E-state index in [2.05, 4.69) is 15.5 Å². The van der Waals surface area contributed by atoms with Crippen LogP contribution < -0.4 is 10.9 Å². The Morgan fingerprint density at radius 3 is 2.57 bits per heavy atom. The number of anilines is 1. The van der Waals surface area contributed by atoms with Gasteiger partial charge in [0.05, 0.1) is 5.52 Å². The Morgan fingerprint density at radius 1 is 1.11 bits per heavy atom. The van der Waals surface area contributed by atoms with Gasteiger partial charge < -0.3 is 9.67 Å². The minimum absolute atomic E-state index is 0.249. The Hall–Kier alpha value is -3.52. The summed E-state index contributed by atoms with van der Waals surface area (Å²) >= 11 is 1.19. The van der Waals surface area contributed by atoms with E-state index >= 15 is 0 Å². The summed E-state index contributed by atoms with van der Waals surface area (Å²) in [6, 6.07) is 16.4. The van der Waals surface area contributed by atoms with Crippen molar-refractivity contribution in [3.8, 4) is 16.3 Å². The minimum atomic E-state index is -0.716. The molecule has 0 saturated carbocycles. The van der Waals surface area contributed by atoms with Gasteiger partial charge >= 0.3 is 0 Å². The normalized spacial score (nSPS) is 10.9. The first-order valence-electron chi connectivity index (χ1n) is 8.65. The zero-order chi connectivity index (χ0) is 19.7. The molecule has 0 spiro atoms. The average Bonchev–Trinajstić information content (AvgIpc) is 3.17. The predicted octanol–water partition coefficient (Wildman–Crippen LogP) is 3.50. The van der Waals surface area contributed by atoms with Gasteiger partial charge in [-0.3, -0.25) is 14.9 Å². The number of fused-ring (bicyclic) bond motifs is 1. The Labute approximate surface area is 163 Å². The molecule has 0 fully saturated rings. The van der Waals surface area contributed by atoms with Crippen LogP contribution >= 0.6 is 11.3 Å². The highest BCUT2D eigenvalue weighted by Gasteiger charge is 2.22. The number of nitrogens with zero attached hydrogens (tertiary/aromatic N) is 3. The number of carbonyl (C=O) groups is 1. The van der Waals surface area contributed by atoms with Crippen LogP contribution in [0.15, 0.2) is 59.4 Å². The molecule has 0 unspecified atom stereocenters. The molecule has 4 aromatic rings. The number of carbonyl (C=O) groups excluding carboxylic acids is 1. The van der Waals surface area contributed by atoms with Crippen LogP contribution in [-0.4, -0.2) is 25.8 Å². The van der Waals surface area contributed by atoms with Crippen molar-refractivity contribution >= 4 is 33.3 Å². The number of hydrogen-bond donors (Lipinski definition) is 2. The molecule has 4 rings (SSSR count). The fourth-order valence-electron chi connectivity index (χ4n) is 3.04. The van der Waals surface area contributed by atoms with Gasteiger partial charge in [0, 0.05) is 17.5 Å². The second-order valence-corrected chi connectivity index (χ2v) is 7.00. The maximum atomic E-state index is 12.8. The topological polar surface area (TPSA) is 97.1 Å². The number of amides is 1. The molecule has 2 heterocycles. The smallest absolute Gasteiger partial charge is 0.267 e. The molecule has 0 aliphatic rings. The summed E-state index contributed by atoms with van der Waals surface area (Å²) in [6.45, 7) is 2.18. The Bertz CT molecular complexity index is 1230. The molecular weight excluding hydrogens is 376 g/mol. The lowest BCUT2D eigenvalue weighted by molar-refractivity contribution is 0.102. The number of aromatic hydroxyl groups is 1. The Balaban J connectivity index is 1.72. The van der Waals surface area contributed by atoms with E-state index in [4.69, 9.17) is 0 Å². The first-order valence-corrected chi connectivity index (χ1v) is 9.46. The third kappa shape index (κ3) is 3.03. The number of nitrogens with one attached hydrogen (secondary N) is 1. The maximum absolute atomic E-state index is 12.8. The minimum Gasteiger partial charge on any atom is -0.506 e. The van der Waals surface area contributed by atoms with Crippen LogP contribution in [0.4, 0.5) is 5.13 Å². The maximum Gasteiger partial charge on any atom is 0.267 e. The van der Waals surface area contributed by atoms with E-state index in [1.807, 2.05) is 37.3 Å². The van der Waals surface area contributed by atoms with Gasteiger partial charge in [0.25, 0.3) is 11.5 Å². The van der Waals surface area contributed by atoms with Gasteiger partial charge in [-0.1, -0.05) is 53.8 Å². The third-order valence-corrected chi connectivity index (χ3v) is 5.24. The van der Waals surface area contributed by atoms with Crippen LogP contribution in [-0.2, 0) is 6.54 Å². The van der Waals surface area contributed by atoms with Crippen molar-refractivity contribution < 1.29 is 9.90 Å². The summed E-state index contributed by atoms with van der Waals surface area (Å²) in [5.74, 6) is -1.05. The van der Waals surface area contributed by atoms with E-state index in [0.717, 1.165) is 5.56 Å². The van der Waals surface area contributed by atoms with Crippen molar-refractivity contribution in [1.82, 2.24) is 14.8 Å². The molecule has 0 aliphatic carbocycles. The fourth-order valence-corrected chi connectivity index (χ4v) is 3.78. The van der Waals surface area contributed by atoms with Gasteiger partial charge in [-0.15, -0.1) is 10.2 Å². The monoisotopic (exact) mass is 392 g/mol. The van der Waals surface area contributed by atoms with Crippen molar-refractivity contribution in [3.05, 3.63) is 70.5 Å². The summed E-state index contributed by atoms with van der Waals surface area (Å²) in [7, 11) is 0. The van der Waals surface area contributed by atoms with E-state index in [1.54, 1.807) is 24.3 Å². The lowest BCUT2D eigenvalue weighted by Crippen LogP contribution is -2.29. The fraction of sp³-hybridized carbons (Fsp3) is 0.100.